The van der Waals surface area contributed by atoms with Crippen molar-refractivity contribution < 1.29 is 14.2 Å². The zero-order valence-electron chi connectivity index (χ0n) is 9.12. The van der Waals surface area contributed by atoms with E-state index in [0.29, 0.717) is 5.92 Å². The van der Waals surface area contributed by atoms with Crippen LogP contribution in [0.25, 0.3) is 0 Å². The molecule has 0 saturated carbocycles. The molecule has 0 aromatic carbocycles. The SMILES string of the molecule is CC1(C)COC(C2CCOCC2)OC1. The molecule has 3 nitrogen and oxygen atoms in total. The quantitative estimate of drug-likeness (QED) is 0.646. The van der Waals surface area contributed by atoms with Gasteiger partial charge >= 0.3 is 0 Å². The molecule has 0 aromatic heterocycles. The van der Waals surface area contributed by atoms with Crippen LogP contribution < -0.4 is 0 Å². The minimum absolute atomic E-state index is 0.0203. The van der Waals surface area contributed by atoms with Crippen molar-refractivity contribution in [1.82, 2.24) is 0 Å². The molecule has 14 heavy (non-hydrogen) atoms. The zero-order chi connectivity index (χ0) is 10.0. The monoisotopic (exact) mass is 200 g/mol. The Kier molecular flexibility index (Phi) is 3.10. The standard InChI is InChI=1S/C11H20O3/c1-11(2)7-13-10(14-8-11)9-3-5-12-6-4-9/h9-10H,3-8H2,1-2H3. The molecule has 82 valence electrons. The van der Waals surface area contributed by atoms with Crippen LogP contribution in [0.4, 0.5) is 0 Å². The molecule has 2 fully saturated rings. The molecule has 2 rings (SSSR count). The fourth-order valence-corrected chi connectivity index (χ4v) is 1.97. The van der Waals surface area contributed by atoms with Crippen LogP contribution in [-0.4, -0.2) is 32.7 Å². The Labute approximate surface area is 85.7 Å². The first-order valence-electron chi connectivity index (χ1n) is 5.48. The van der Waals surface area contributed by atoms with E-state index >= 15 is 0 Å². The first kappa shape index (κ1) is 10.4. The van der Waals surface area contributed by atoms with Crippen molar-refractivity contribution in [1.29, 1.82) is 0 Å². The molecule has 0 aromatic rings. The fourth-order valence-electron chi connectivity index (χ4n) is 1.97. The second-order valence-corrected chi connectivity index (χ2v) is 5.10. The summed E-state index contributed by atoms with van der Waals surface area (Å²) in [5.41, 5.74) is 0.182. The summed E-state index contributed by atoms with van der Waals surface area (Å²) in [6.07, 6.45) is 2.17. The molecule has 2 aliphatic heterocycles. The second-order valence-electron chi connectivity index (χ2n) is 5.10. The first-order valence-corrected chi connectivity index (χ1v) is 5.48. The predicted molar refractivity (Wildman–Crippen MR) is 53.0 cm³/mol. The summed E-state index contributed by atoms with van der Waals surface area (Å²) in [6.45, 7) is 7.69. The summed E-state index contributed by atoms with van der Waals surface area (Å²) in [5, 5.41) is 0. The molecule has 0 atom stereocenters. The third kappa shape index (κ3) is 2.47. The Morgan fingerprint density at radius 2 is 1.57 bits per heavy atom. The normalized spacial score (nSPS) is 30.4. The summed E-state index contributed by atoms with van der Waals surface area (Å²) in [4.78, 5) is 0. The average Bonchev–Trinajstić information content (AvgIpc) is 2.19. The smallest absolute Gasteiger partial charge is 0.160 e. The summed E-state index contributed by atoms with van der Waals surface area (Å²) < 4.78 is 16.8. The van der Waals surface area contributed by atoms with E-state index in [9.17, 15) is 0 Å². The van der Waals surface area contributed by atoms with Gasteiger partial charge in [0.1, 0.15) is 0 Å². The van der Waals surface area contributed by atoms with Crippen LogP contribution in [0.1, 0.15) is 26.7 Å². The van der Waals surface area contributed by atoms with Crippen LogP contribution in [0.15, 0.2) is 0 Å². The first-order chi connectivity index (χ1) is 6.67. The lowest BCUT2D eigenvalue weighted by molar-refractivity contribution is -0.250. The van der Waals surface area contributed by atoms with Crippen molar-refractivity contribution in [3.63, 3.8) is 0 Å². The van der Waals surface area contributed by atoms with E-state index in [4.69, 9.17) is 14.2 Å². The topological polar surface area (TPSA) is 27.7 Å². The lowest BCUT2D eigenvalue weighted by atomic mass is 9.93. The van der Waals surface area contributed by atoms with E-state index in [1.165, 1.54) is 0 Å². The Bertz CT molecular complexity index is 175. The number of rotatable bonds is 1. The summed E-state index contributed by atoms with van der Waals surface area (Å²) >= 11 is 0. The molecule has 2 heterocycles. The highest BCUT2D eigenvalue weighted by atomic mass is 16.7. The third-order valence-electron chi connectivity index (χ3n) is 2.93. The van der Waals surface area contributed by atoms with Gasteiger partial charge in [-0.2, -0.15) is 0 Å². The molecule has 2 aliphatic rings. The van der Waals surface area contributed by atoms with E-state index < -0.39 is 0 Å². The van der Waals surface area contributed by atoms with E-state index in [-0.39, 0.29) is 11.7 Å². The molecule has 0 bridgehead atoms. The Balaban J connectivity index is 1.82. The Morgan fingerprint density at radius 1 is 1.00 bits per heavy atom. The van der Waals surface area contributed by atoms with Gasteiger partial charge < -0.3 is 14.2 Å². The van der Waals surface area contributed by atoms with Gasteiger partial charge in [0, 0.05) is 24.5 Å². The molecule has 0 aliphatic carbocycles. The number of hydrogen-bond donors (Lipinski definition) is 0. The van der Waals surface area contributed by atoms with Crippen LogP contribution in [-0.2, 0) is 14.2 Å². The van der Waals surface area contributed by atoms with Crippen LogP contribution in [0.3, 0.4) is 0 Å². The van der Waals surface area contributed by atoms with Crippen molar-refractivity contribution in [2.45, 2.75) is 33.0 Å². The van der Waals surface area contributed by atoms with Gasteiger partial charge in [0.05, 0.1) is 13.2 Å². The maximum Gasteiger partial charge on any atom is 0.160 e. The predicted octanol–water partition coefficient (Wildman–Crippen LogP) is 1.81. The minimum atomic E-state index is 0.0203. The zero-order valence-corrected chi connectivity index (χ0v) is 9.12. The lowest BCUT2D eigenvalue weighted by Gasteiger charge is -2.39. The van der Waals surface area contributed by atoms with Crippen LogP contribution in [0.2, 0.25) is 0 Å². The highest BCUT2D eigenvalue weighted by Gasteiger charge is 2.33. The third-order valence-corrected chi connectivity index (χ3v) is 2.93. The maximum absolute atomic E-state index is 5.75. The van der Waals surface area contributed by atoms with Crippen molar-refractivity contribution >= 4 is 0 Å². The van der Waals surface area contributed by atoms with Crippen molar-refractivity contribution in [3.05, 3.63) is 0 Å². The van der Waals surface area contributed by atoms with Gasteiger partial charge in [0.2, 0.25) is 0 Å². The van der Waals surface area contributed by atoms with Crippen LogP contribution in [0.5, 0.6) is 0 Å². The van der Waals surface area contributed by atoms with E-state index in [0.717, 1.165) is 39.3 Å². The van der Waals surface area contributed by atoms with Crippen molar-refractivity contribution in [2.24, 2.45) is 11.3 Å². The summed E-state index contributed by atoms with van der Waals surface area (Å²) in [5.74, 6) is 0.542. The van der Waals surface area contributed by atoms with Crippen molar-refractivity contribution in [3.8, 4) is 0 Å². The van der Waals surface area contributed by atoms with Gasteiger partial charge in [0.25, 0.3) is 0 Å². The molecule has 0 N–H and O–H groups in total. The molecule has 0 amide bonds. The van der Waals surface area contributed by atoms with Gasteiger partial charge in [0.15, 0.2) is 6.29 Å². The van der Waals surface area contributed by atoms with E-state index in [2.05, 4.69) is 13.8 Å². The van der Waals surface area contributed by atoms with Gasteiger partial charge in [-0.25, -0.2) is 0 Å². The molecular weight excluding hydrogens is 180 g/mol. The van der Waals surface area contributed by atoms with Crippen LogP contribution >= 0.6 is 0 Å². The molecule has 0 radical (unpaired) electrons. The fraction of sp³-hybridized carbons (Fsp3) is 1.00. The minimum Gasteiger partial charge on any atom is -0.381 e. The molecule has 2 saturated heterocycles. The molecule has 0 unspecified atom stereocenters. The van der Waals surface area contributed by atoms with Gasteiger partial charge in [-0.15, -0.1) is 0 Å². The second kappa shape index (κ2) is 4.17. The molecular formula is C11H20O3. The maximum atomic E-state index is 5.75. The van der Waals surface area contributed by atoms with Crippen LogP contribution in [0, 0.1) is 11.3 Å². The summed E-state index contributed by atoms with van der Waals surface area (Å²) in [6, 6.07) is 0. The van der Waals surface area contributed by atoms with E-state index in [1.807, 2.05) is 0 Å². The highest BCUT2D eigenvalue weighted by molar-refractivity contribution is 4.75. The average molecular weight is 200 g/mol. The number of hydrogen-bond acceptors (Lipinski definition) is 3. The van der Waals surface area contributed by atoms with Gasteiger partial charge in [-0.1, -0.05) is 13.8 Å². The van der Waals surface area contributed by atoms with Gasteiger partial charge in [-0.3, -0.25) is 0 Å². The lowest BCUT2D eigenvalue weighted by Crippen LogP contribution is -2.42. The van der Waals surface area contributed by atoms with Crippen molar-refractivity contribution in [2.75, 3.05) is 26.4 Å². The largest absolute Gasteiger partial charge is 0.381 e. The summed E-state index contributed by atoms with van der Waals surface area (Å²) in [7, 11) is 0. The number of ether oxygens (including phenoxy) is 3. The van der Waals surface area contributed by atoms with Gasteiger partial charge in [-0.05, 0) is 12.8 Å². The Morgan fingerprint density at radius 3 is 2.14 bits per heavy atom. The Hall–Kier alpha value is -0.120. The molecule has 3 heteroatoms. The highest BCUT2D eigenvalue weighted by Crippen LogP contribution is 2.29. The van der Waals surface area contributed by atoms with E-state index in [1.54, 1.807) is 0 Å². The molecule has 0 spiro atoms.